The number of sulfonamides is 1. The van der Waals surface area contributed by atoms with Crippen molar-refractivity contribution in [1.82, 2.24) is 4.72 Å². The van der Waals surface area contributed by atoms with Crippen LogP contribution in [-0.4, -0.2) is 20.9 Å². The van der Waals surface area contributed by atoms with Crippen molar-refractivity contribution >= 4 is 31.9 Å². The first-order chi connectivity index (χ1) is 12.3. The van der Waals surface area contributed by atoms with Gasteiger partial charge in [0.1, 0.15) is 0 Å². The summed E-state index contributed by atoms with van der Waals surface area (Å²) < 4.78 is 28.5. The second-order valence-corrected chi connectivity index (χ2v) is 9.16. The number of nitrogens with one attached hydrogen (secondary N) is 1. The van der Waals surface area contributed by atoms with Crippen LogP contribution in [0.3, 0.4) is 0 Å². The zero-order chi connectivity index (χ0) is 18.7. The van der Waals surface area contributed by atoms with Gasteiger partial charge in [0.15, 0.2) is 0 Å². The van der Waals surface area contributed by atoms with Crippen LogP contribution in [-0.2, 0) is 27.7 Å². The molecule has 1 unspecified atom stereocenters. The number of halogens is 1. The van der Waals surface area contributed by atoms with Gasteiger partial charge >= 0.3 is 29.6 Å². The van der Waals surface area contributed by atoms with E-state index in [1.165, 1.54) is 0 Å². The number of carbonyl (C=O) groups excluding carboxylic acids is 1. The molecule has 0 aliphatic heterocycles. The number of benzene rings is 2. The van der Waals surface area contributed by atoms with Crippen molar-refractivity contribution in [3.8, 4) is 0 Å². The Labute approximate surface area is 190 Å². The van der Waals surface area contributed by atoms with E-state index in [9.17, 15) is 18.3 Å². The largest absolute Gasteiger partial charge is 1.00 e. The molecule has 1 atom stereocenters. The Hall–Kier alpha value is -0.700. The maximum atomic E-state index is 12.5. The molecule has 2 aromatic carbocycles. The van der Waals surface area contributed by atoms with E-state index >= 15 is 0 Å². The Morgan fingerprint density at radius 3 is 2.56 bits per heavy atom. The molecule has 0 aromatic heterocycles. The number of fused-ring (bicyclic) bond motifs is 1. The molecule has 1 aliphatic rings. The third-order valence-corrected chi connectivity index (χ3v) is 6.61. The SMILES string of the molecule is O=C([O-])Cc1ccc2c(c1)CCCC2CNS(=O)(=O)c1ccc(Br)cc1.[Na+]. The summed E-state index contributed by atoms with van der Waals surface area (Å²) in [7, 11) is -3.56. The van der Waals surface area contributed by atoms with E-state index in [0.717, 1.165) is 40.4 Å². The van der Waals surface area contributed by atoms with Crippen molar-refractivity contribution in [3.05, 3.63) is 63.6 Å². The Morgan fingerprint density at radius 1 is 1.19 bits per heavy atom. The Morgan fingerprint density at radius 2 is 1.89 bits per heavy atom. The average molecular weight is 460 g/mol. The van der Waals surface area contributed by atoms with Crippen LogP contribution in [0.25, 0.3) is 0 Å². The summed E-state index contributed by atoms with van der Waals surface area (Å²) in [5.41, 5.74) is 2.92. The van der Waals surface area contributed by atoms with Gasteiger partial charge in [0, 0.05) is 23.4 Å². The van der Waals surface area contributed by atoms with Gasteiger partial charge in [0.05, 0.1) is 4.90 Å². The van der Waals surface area contributed by atoms with Crippen molar-refractivity contribution in [2.24, 2.45) is 0 Å². The summed E-state index contributed by atoms with van der Waals surface area (Å²) in [6.45, 7) is 0.325. The van der Waals surface area contributed by atoms with E-state index in [2.05, 4.69) is 20.7 Å². The number of carboxylic acid groups (broad SMARTS) is 1. The van der Waals surface area contributed by atoms with Crippen LogP contribution < -0.4 is 39.4 Å². The molecule has 0 fully saturated rings. The summed E-state index contributed by atoms with van der Waals surface area (Å²) in [6.07, 6.45) is 2.63. The van der Waals surface area contributed by atoms with Gasteiger partial charge in [-0.15, -0.1) is 0 Å². The van der Waals surface area contributed by atoms with E-state index < -0.39 is 16.0 Å². The zero-order valence-corrected chi connectivity index (χ0v) is 19.5. The maximum absolute atomic E-state index is 12.5. The minimum atomic E-state index is -3.56. The minimum absolute atomic E-state index is 0. The van der Waals surface area contributed by atoms with Crippen molar-refractivity contribution in [1.29, 1.82) is 0 Å². The molecule has 1 N–H and O–H groups in total. The van der Waals surface area contributed by atoms with Crippen LogP contribution >= 0.6 is 15.9 Å². The number of carbonyl (C=O) groups is 1. The van der Waals surface area contributed by atoms with Gasteiger partial charge in [-0.1, -0.05) is 34.1 Å². The van der Waals surface area contributed by atoms with E-state index in [4.69, 9.17) is 0 Å². The monoisotopic (exact) mass is 459 g/mol. The average Bonchev–Trinajstić information content (AvgIpc) is 2.59. The molecular weight excluding hydrogens is 441 g/mol. The third kappa shape index (κ3) is 5.89. The second-order valence-electron chi connectivity index (χ2n) is 6.48. The molecule has 1 aliphatic carbocycles. The first-order valence-corrected chi connectivity index (χ1v) is 10.7. The molecule has 0 saturated heterocycles. The van der Waals surface area contributed by atoms with Gasteiger partial charge in [0.25, 0.3) is 0 Å². The fourth-order valence-corrected chi connectivity index (χ4v) is 4.71. The minimum Gasteiger partial charge on any atom is -0.550 e. The molecule has 0 bridgehead atoms. The number of aryl methyl sites for hydroxylation is 1. The van der Waals surface area contributed by atoms with E-state index in [-0.39, 0.29) is 46.8 Å². The Bertz CT molecular complexity index is 916. The molecule has 0 saturated carbocycles. The van der Waals surface area contributed by atoms with Crippen LogP contribution in [0.5, 0.6) is 0 Å². The quantitative estimate of drug-likeness (QED) is 0.569. The molecule has 27 heavy (non-hydrogen) atoms. The van der Waals surface area contributed by atoms with Crippen LogP contribution in [0.15, 0.2) is 51.8 Å². The normalized spacial score (nSPS) is 16.3. The van der Waals surface area contributed by atoms with Crippen LogP contribution in [0, 0.1) is 0 Å². The third-order valence-electron chi connectivity index (χ3n) is 4.64. The van der Waals surface area contributed by atoms with Crippen molar-refractivity contribution in [2.45, 2.75) is 36.5 Å². The van der Waals surface area contributed by atoms with Gasteiger partial charge in [-0.3, -0.25) is 0 Å². The molecule has 0 spiro atoms. The van der Waals surface area contributed by atoms with Gasteiger partial charge in [-0.25, -0.2) is 13.1 Å². The van der Waals surface area contributed by atoms with E-state index in [0.29, 0.717) is 6.54 Å². The van der Waals surface area contributed by atoms with Gasteiger partial charge in [-0.2, -0.15) is 0 Å². The van der Waals surface area contributed by atoms with E-state index in [1.54, 1.807) is 30.3 Å². The van der Waals surface area contributed by atoms with Crippen molar-refractivity contribution in [3.63, 3.8) is 0 Å². The predicted molar refractivity (Wildman–Crippen MR) is 100 cm³/mol. The maximum Gasteiger partial charge on any atom is 1.00 e. The second kappa shape index (κ2) is 9.67. The number of rotatable bonds is 6. The topological polar surface area (TPSA) is 86.3 Å². The summed E-state index contributed by atoms with van der Waals surface area (Å²) in [4.78, 5) is 11.0. The van der Waals surface area contributed by atoms with Crippen LogP contribution in [0.2, 0.25) is 0 Å². The molecule has 3 rings (SSSR count). The number of carboxylic acids is 1. The molecular formula is C19H19BrNNaO4S. The molecule has 0 amide bonds. The Balaban J connectivity index is 0.00000261. The molecule has 5 nitrogen and oxygen atoms in total. The van der Waals surface area contributed by atoms with Gasteiger partial charge in [0.2, 0.25) is 10.0 Å². The summed E-state index contributed by atoms with van der Waals surface area (Å²) in [5, 5.41) is 10.8. The number of aliphatic carboxylic acids is 1. The molecule has 138 valence electrons. The van der Waals surface area contributed by atoms with Crippen LogP contribution in [0.1, 0.15) is 35.4 Å². The smallest absolute Gasteiger partial charge is 0.550 e. The standard InChI is InChI=1S/C19H20BrNO4S.Na/c20-16-5-7-17(8-6-16)26(24,25)21-12-15-3-1-2-14-10-13(11-19(22)23)4-9-18(14)15;/h4-10,15,21H,1-3,11-12H2,(H,22,23);/q;+1/p-1. The van der Waals surface area contributed by atoms with E-state index in [1.807, 2.05) is 12.1 Å². The molecule has 0 heterocycles. The van der Waals surface area contributed by atoms with Crippen molar-refractivity contribution < 1.29 is 47.9 Å². The number of hydrogen-bond acceptors (Lipinski definition) is 4. The molecule has 2 aromatic rings. The summed E-state index contributed by atoms with van der Waals surface area (Å²) >= 11 is 3.30. The molecule has 0 radical (unpaired) electrons. The molecule has 8 heteroatoms. The van der Waals surface area contributed by atoms with Gasteiger partial charge < -0.3 is 9.90 Å². The first-order valence-electron chi connectivity index (χ1n) is 8.42. The summed E-state index contributed by atoms with van der Waals surface area (Å²) in [6, 6.07) is 12.1. The van der Waals surface area contributed by atoms with Gasteiger partial charge in [-0.05, 0) is 66.1 Å². The Kier molecular flexibility index (Phi) is 8.09. The van der Waals surface area contributed by atoms with Crippen molar-refractivity contribution in [2.75, 3.05) is 6.54 Å². The first kappa shape index (κ1) is 22.6. The summed E-state index contributed by atoms with van der Waals surface area (Å²) in [5.74, 6) is -1.01. The predicted octanol–water partition coefficient (Wildman–Crippen LogP) is -0.856. The fraction of sp³-hybridized carbons (Fsp3) is 0.316. The van der Waals surface area contributed by atoms with Crippen LogP contribution in [0.4, 0.5) is 0 Å². The fourth-order valence-electron chi connectivity index (χ4n) is 3.36. The number of hydrogen-bond donors (Lipinski definition) is 1. The zero-order valence-electron chi connectivity index (χ0n) is 15.1.